The number of rotatable bonds is 9. The standard InChI is InChI=1S/C17H28N2O2/c1-20-12-10-18-13-17-9-5-6-11-19(17)15-21-14-16-7-3-2-4-8-16/h2-4,7-8,17-18H,5-6,9-15H2,1H3. The van der Waals surface area contributed by atoms with Crippen molar-refractivity contribution in [3.05, 3.63) is 35.9 Å². The maximum absolute atomic E-state index is 5.89. The molecule has 1 N–H and O–H groups in total. The molecule has 0 bridgehead atoms. The van der Waals surface area contributed by atoms with Crippen LogP contribution in [0.1, 0.15) is 24.8 Å². The van der Waals surface area contributed by atoms with E-state index in [0.717, 1.165) is 33.0 Å². The van der Waals surface area contributed by atoms with Crippen molar-refractivity contribution < 1.29 is 9.47 Å². The molecule has 4 nitrogen and oxygen atoms in total. The molecule has 1 atom stereocenters. The Kier molecular flexibility index (Phi) is 7.75. The minimum Gasteiger partial charge on any atom is -0.383 e. The van der Waals surface area contributed by atoms with Gasteiger partial charge in [0, 0.05) is 32.8 Å². The molecule has 4 heteroatoms. The molecule has 0 aliphatic carbocycles. The first kappa shape index (κ1) is 16.4. The lowest BCUT2D eigenvalue weighted by atomic mass is 10.0. The Labute approximate surface area is 128 Å². The zero-order valence-corrected chi connectivity index (χ0v) is 13.1. The van der Waals surface area contributed by atoms with Crippen molar-refractivity contribution in [2.45, 2.75) is 31.9 Å². The Morgan fingerprint density at radius 3 is 2.90 bits per heavy atom. The van der Waals surface area contributed by atoms with Gasteiger partial charge in [-0.15, -0.1) is 0 Å². The molecule has 1 fully saturated rings. The monoisotopic (exact) mass is 292 g/mol. The van der Waals surface area contributed by atoms with Gasteiger partial charge in [-0.1, -0.05) is 36.8 Å². The van der Waals surface area contributed by atoms with Crippen molar-refractivity contribution >= 4 is 0 Å². The molecule has 118 valence electrons. The quantitative estimate of drug-likeness (QED) is 0.708. The minimum absolute atomic E-state index is 0.589. The molecule has 1 unspecified atom stereocenters. The van der Waals surface area contributed by atoms with E-state index in [0.29, 0.717) is 12.6 Å². The minimum atomic E-state index is 0.589. The summed E-state index contributed by atoms with van der Waals surface area (Å²) in [7, 11) is 1.74. The van der Waals surface area contributed by atoms with Crippen molar-refractivity contribution in [3.8, 4) is 0 Å². The van der Waals surface area contributed by atoms with E-state index in [9.17, 15) is 0 Å². The van der Waals surface area contributed by atoms with Crippen LogP contribution in [0.25, 0.3) is 0 Å². The van der Waals surface area contributed by atoms with E-state index in [4.69, 9.17) is 9.47 Å². The molecular weight excluding hydrogens is 264 g/mol. The number of ether oxygens (including phenoxy) is 2. The molecule has 2 rings (SSSR count). The van der Waals surface area contributed by atoms with Gasteiger partial charge in [-0.25, -0.2) is 0 Å². The zero-order chi connectivity index (χ0) is 14.8. The summed E-state index contributed by atoms with van der Waals surface area (Å²) in [5.74, 6) is 0. The Morgan fingerprint density at radius 2 is 2.10 bits per heavy atom. The summed E-state index contributed by atoms with van der Waals surface area (Å²) < 4.78 is 11.0. The first-order valence-electron chi connectivity index (χ1n) is 7.95. The lowest BCUT2D eigenvalue weighted by molar-refractivity contribution is -0.0172. The molecule has 1 aromatic rings. The molecule has 0 radical (unpaired) electrons. The Hall–Kier alpha value is -0.940. The normalized spacial score (nSPS) is 19.8. The van der Waals surface area contributed by atoms with Gasteiger partial charge in [0.05, 0.1) is 19.9 Å². The highest BCUT2D eigenvalue weighted by atomic mass is 16.5. The van der Waals surface area contributed by atoms with Crippen LogP contribution in [0.15, 0.2) is 30.3 Å². The second kappa shape index (κ2) is 9.90. The third-order valence-electron chi connectivity index (χ3n) is 3.98. The van der Waals surface area contributed by atoms with Crippen molar-refractivity contribution in [1.29, 1.82) is 0 Å². The maximum atomic E-state index is 5.89. The summed E-state index contributed by atoms with van der Waals surface area (Å²) in [5.41, 5.74) is 1.24. The maximum Gasteiger partial charge on any atom is 0.0997 e. The number of methoxy groups -OCH3 is 1. The van der Waals surface area contributed by atoms with Gasteiger partial charge in [0.15, 0.2) is 0 Å². The van der Waals surface area contributed by atoms with Crippen molar-refractivity contribution in [1.82, 2.24) is 10.2 Å². The number of benzene rings is 1. The van der Waals surface area contributed by atoms with E-state index in [1.807, 2.05) is 6.07 Å². The molecular formula is C17H28N2O2. The van der Waals surface area contributed by atoms with Crippen LogP contribution in [0, 0.1) is 0 Å². The van der Waals surface area contributed by atoms with E-state index in [1.165, 1.54) is 24.8 Å². The highest BCUT2D eigenvalue weighted by Gasteiger charge is 2.21. The third-order valence-corrected chi connectivity index (χ3v) is 3.98. The molecule has 1 aliphatic heterocycles. The zero-order valence-electron chi connectivity index (χ0n) is 13.1. The van der Waals surface area contributed by atoms with Gasteiger partial charge in [0.2, 0.25) is 0 Å². The Balaban J connectivity index is 1.68. The van der Waals surface area contributed by atoms with Gasteiger partial charge in [-0.05, 0) is 18.4 Å². The highest BCUT2D eigenvalue weighted by Crippen LogP contribution is 2.16. The lowest BCUT2D eigenvalue weighted by Crippen LogP contribution is -2.46. The first-order chi connectivity index (χ1) is 10.4. The van der Waals surface area contributed by atoms with Crippen LogP contribution in [0.2, 0.25) is 0 Å². The molecule has 21 heavy (non-hydrogen) atoms. The summed E-state index contributed by atoms with van der Waals surface area (Å²) >= 11 is 0. The van der Waals surface area contributed by atoms with Gasteiger partial charge < -0.3 is 14.8 Å². The number of piperidine rings is 1. The summed E-state index contributed by atoms with van der Waals surface area (Å²) in [6.07, 6.45) is 3.86. The lowest BCUT2D eigenvalue weighted by Gasteiger charge is -2.35. The number of nitrogens with zero attached hydrogens (tertiary/aromatic N) is 1. The molecule has 1 aliphatic rings. The average Bonchev–Trinajstić information content (AvgIpc) is 2.54. The van der Waals surface area contributed by atoms with E-state index < -0.39 is 0 Å². The van der Waals surface area contributed by atoms with E-state index in [2.05, 4.69) is 34.5 Å². The van der Waals surface area contributed by atoms with Gasteiger partial charge >= 0.3 is 0 Å². The van der Waals surface area contributed by atoms with Crippen molar-refractivity contribution in [2.75, 3.05) is 40.1 Å². The molecule has 1 saturated heterocycles. The van der Waals surface area contributed by atoms with Crippen LogP contribution in [0.5, 0.6) is 0 Å². The van der Waals surface area contributed by atoms with Crippen molar-refractivity contribution in [3.63, 3.8) is 0 Å². The third kappa shape index (κ3) is 6.14. The van der Waals surface area contributed by atoms with E-state index in [-0.39, 0.29) is 0 Å². The van der Waals surface area contributed by atoms with Gasteiger partial charge in [0.25, 0.3) is 0 Å². The second-order valence-electron chi connectivity index (χ2n) is 5.62. The van der Waals surface area contributed by atoms with Crippen LogP contribution in [-0.2, 0) is 16.1 Å². The average molecular weight is 292 g/mol. The fraction of sp³-hybridized carbons (Fsp3) is 0.647. The van der Waals surface area contributed by atoms with Crippen LogP contribution in [0.4, 0.5) is 0 Å². The number of hydrogen-bond acceptors (Lipinski definition) is 4. The SMILES string of the molecule is COCCNCC1CCCCN1COCc1ccccc1. The van der Waals surface area contributed by atoms with Crippen LogP contribution < -0.4 is 5.32 Å². The predicted octanol–water partition coefficient (Wildman–Crippen LogP) is 2.25. The number of likely N-dealkylation sites (tertiary alicyclic amines) is 1. The number of nitrogens with one attached hydrogen (secondary N) is 1. The predicted molar refractivity (Wildman–Crippen MR) is 85.2 cm³/mol. The molecule has 0 spiro atoms. The van der Waals surface area contributed by atoms with Crippen LogP contribution in [-0.4, -0.2) is 51.0 Å². The first-order valence-corrected chi connectivity index (χ1v) is 7.95. The Bertz CT molecular complexity index is 372. The highest BCUT2D eigenvalue weighted by molar-refractivity contribution is 5.13. The fourth-order valence-electron chi connectivity index (χ4n) is 2.76. The summed E-state index contributed by atoms with van der Waals surface area (Å²) in [6.45, 7) is 5.29. The van der Waals surface area contributed by atoms with Crippen LogP contribution >= 0.6 is 0 Å². The van der Waals surface area contributed by atoms with E-state index >= 15 is 0 Å². The Morgan fingerprint density at radius 1 is 1.24 bits per heavy atom. The summed E-state index contributed by atoms with van der Waals surface area (Å²) in [6, 6.07) is 11.0. The topological polar surface area (TPSA) is 33.7 Å². The van der Waals surface area contributed by atoms with E-state index in [1.54, 1.807) is 7.11 Å². The van der Waals surface area contributed by atoms with Gasteiger partial charge in [0.1, 0.15) is 0 Å². The molecule has 0 aromatic heterocycles. The van der Waals surface area contributed by atoms with Gasteiger partial charge in [-0.2, -0.15) is 0 Å². The summed E-state index contributed by atoms with van der Waals surface area (Å²) in [5, 5.41) is 3.47. The smallest absolute Gasteiger partial charge is 0.0997 e. The largest absolute Gasteiger partial charge is 0.383 e. The fourth-order valence-corrected chi connectivity index (χ4v) is 2.76. The van der Waals surface area contributed by atoms with Gasteiger partial charge in [-0.3, -0.25) is 4.90 Å². The summed E-state index contributed by atoms with van der Waals surface area (Å²) in [4.78, 5) is 2.46. The molecule has 0 amide bonds. The second-order valence-corrected chi connectivity index (χ2v) is 5.62. The molecule has 1 heterocycles. The molecule has 0 saturated carbocycles. The van der Waals surface area contributed by atoms with Crippen molar-refractivity contribution in [2.24, 2.45) is 0 Å². The molecule has 1 aromatic carbocycles. The van der Waals surface area contributed by atoms with Crippen LogP contribution in [0.3, 0.4) is 0 Å². The number of hydrogen-bond donors (Lipinski definition) is 1.